The van der Waals surface area contributed by atoms with Crippen LogP contribution in [0.25, 0.3) is 11.3 Å². The van der Waals surface area contributed by atoms with Crippen molar-refractivity contribution < 1.29 is 23.6 Å². The topological polar surface area (TPSA) is 75.8 Å². The number of hydrogen-bond donors (Lipinski definition) is 1. The lowest BCUT2D eigenvalue weighted by atomic mass is 9.81. The molecule has 168 valence electrons. The van der Waals surface area contributed by atoms with Crippen molar-refractivity contribution in [2.75, 3.05) is 13.1 Å². The van der Waals surface area contributed by atoms with Gasteiger partial charge in [-0.05, 0) is 43.0 Å². The minimum absolute atomic E-state index is 0.138. The monoisotopic (exact) mass is 438 g/mol. The Balaban J connectivity index is 1.53. The first-order chi connectivity index (χ1) is 15.3. The molecule has 0 unspecified atom stereocenters. The van der Waals surface area contributed by atoms with E-state index in [9.17, 15) is 14.3 Å². The van der Waals surface area contributed by atoms with Crippen LogP contribution < -0.4 is 4.74 Å². The third-order valence-corrected chi connectivity index (χ3v) is 5.73. The highest BCUT2D eigenvalue weighted by molar-refractivity contribution is 5.92. The second kappa shape index (κ2) is 9.12. The van der Waals surface area contributed by atoms with E-state index >= 15 is 0 Å². The van der Waals surface area contributed by atoms with Crippen LogP contribution in [-0.2, 0) is 0 Å². The zero-order valence-corrected chi connectivity index (χ0v) is 18.2. The molecule has 0 saturated carbocycles. The maximum atomic E-state index is 13.3. The molecule has 2 aromatic carbocycles. The lowest BCUT2D eigenvalue weighted by Crippen LogP contribution is -2.59. The summed E-state index contributed by atoms with van der Waals surface area (Å²) in [5.41, 5.74) is 0.342. The third kappa shape index (κ3) is 4.83. The first-order valence-corrected chi connectivity index (χ1v) is 10.8. The number of piperidine rings is 1. The minimum atomic E-state index is -1.10. The fraction of sp³-hybridized carbons (Fsp3) is 0.360. The molecule has 7 heteroatoms. The summed E-state index contributed by atoms with van der Waals surface area (Å²) in [5.74, 6) is 0.149. The molecule has 2 atom stereocenters. The van der Waals surface area contributed by atoms with Crippen LogP contribution in [0.1, 0.15) is 37.2 Å². The van der Waals surface area contributed by atoms with Crippen molar-refractivity contribution in [3.63, 3.8) is 0 Å². The average molecular weight is 438 g/mol. The van der Waals surface area contributed by atoms with E-state index in [0.717, 1.165) is 5.56 Å². The van der Waals surface area contributed by atoms with Gasteiger partial charge in [-0.25, -0.2) is 4.39 Å². The van der Waals surface area contributed by atoms with Crippen LogP contribution in [0.15, 0.2) is 65.2 Å². The lowest BCUT2D eigenvalue weighted by molar-refractivity contribution is -0.111. The van der Waals surface area contributed by atoms with Gasteiger partial charge in [0.1, 0.15) is 29.0 Å². The summed E-state index contributed by atoms with van der Waals surface area (Å²) in [4.78, 5) is 14.7. The number of hydrogen-bond acceptors (Lipinski definition) is 5. The van der Waals surface area contributed by atoms with E-state index in [0.29, 0.717) is 30.8 Å². The van der Waals surface area contributed by atoms with Gasteiger partial charge in [-0.15, -0.1) is 0 Å². The zero-order valence-electron chi connectivity index (χ0n) is 18.2. The average Bonchev–Trinajstić information content (AvgIpc) is 3.27. The Morgan fingerprint density at radius 1 is 1.25 bits per heavy atom. The fourth-order valence-electron chi connectivity index (χ4n) is 4.18. The number of nitrogens with zero attached hydrogens (tertiary/aromatic N) is 2. The molecule has 1 amide bonds. The van der Waals surface area contributed by atoms with E-state index in [4.69, 9.17) is 9.26 Å². The van der Waals surface area contributed by atoms with Crippen molar-refractivity contribution in [2.45, 2.75) is 38.4 Å². The van der Waals surface area contributed by atoms with Crippen LogP contribution >= 0.6 is 0 Å². The van der Waals surface area contributed by atoms with E-state index in [-0.39, 0.29) is 29.9 Å². The predicted octanol–water partition coefficient (Wildman–Crippen LogP) is 4.55. The number of carbonyl (C=O) groups is 1. The standard InChI is InChI=1S/C25H27FN2O4/c1-17(2)15-25(30)12-13-28(16-23(25)31-20-10-8-19(26)9-11-20)24(29)22-14-21(27-32-22)18-6-4-3-5-7-18/h3-11,14,17,23,30H,12-13,15-16H2,1-2H3/t23-,25+/m0/s1. The van der Waals surface area contributed by atoms with Crippen LogP contribution in [0.4, 0.5) is 4.39 Å². The van der Waals surface area contributed by atoms with Crippen LogP contribution in [0.3, 0.4) is 0 Å². The summed E-state index contributed by atoms with van der Waals surface area (Å²) < 4.78 is 24.7. The summed E-state index contributed by atoms with van der Waals surface area (Å²) in [5, 5.41) is 15.4. The highest BCUT2D eigenvalue weighted by Gasteiger charge is 2.45. The Labute approximate surface area is 186 Å². The van der Waals surface area contributed by atoms with Crippen LogP contribution in [-0.4, -0.2) is 45.9 Å². The molecule has 1 aliphatic rings. The number of benzene rings is 2. The Hall–Kier alpha value is -3.19. The molecule has 1 N–H and O–H groups in total. The molecule has 1 aromatic heterocycles. The summed E-state index contributed by atoms with van der Waals surface area (Å²) >= 11 is 0. The summed E-state index contributed by atoms with van der Waals surface area (Å²) in [6, 6.07) is 16.8. The van der Waals surface area contributed by atoms with Gasteiger partial charge in [-0.3, -0.25) is 4.79 Å². The van der Waals surface area contributed by atoms with E-state index in [1.807, 2.05) is 44.2 Å². The van der Waals surface area contributed by atoms with Gasteiger partial charge in [0.15, 0.2) is 0 Å². The van der Waals surface area contributed by atoms with Crippen LogP contribution in [0.2, 0.25) is 0 Å². The Morgan fingerprint density at radius 2 is 1.97 bits per heavy atom. The summed E-state index contributed by atoms with van der Waals surface area (Å²) in [7, 11) is 0. The van der Waals surface area contributed by atoms with Crippen molar-refractivity contribution >= 4 is 5.91 Å². The molecule has 2 heterocycles. The minimum Gasteiger partial charge on any atom is -0.486 e. The molecule has 0 bridgehead atoms. The molecule has 0 aliphatic carbocycles. The van der Waals surface area contributed by atoms with Crippen molar-refractivity contribution in [2.24, 2.45) is 5.92 Å². The number of rotatable bonds is 6. The Bertz CT molecular complexity index is 1050. The number of carbonyl (C=O) groups excluding carboxylic acids is 1. The quantitative estimate of drug-likeness (QED) is 0.611. The van der Waals surface area contributed by atoms with Gasteiger partial charge in [0, 0.05) is 18.2 Å². The highest BCUT2D eigenvalue weighted by Crippen LogP contribution is 2.33. The zero-order chi connectivity index (χ0) is 22.7. The highest BCUT2D eigenvalue weighted by atomic mass is 19.1. The molecule has 1 aliphatic heterocycles. The molecule has 3 aromatic rings. The molecule has 4 rings (SSSR count). The van der Waals surface area contributed by atoms with Crippen molar-refractivity contribution in [3.8, 4) is 17.0 Å². The summed E-state index contributed by atoms with van der Waals surface area (Å²) in [6.07, 6.45) is 0.230. The van der Waals surface area contributed by atoms with Gasteiger partial charge in [0.25, 0.3) is 5.91 Å². The Morgan fingerprint density at radius 3 is 2.66 bits per heavy atom. The summed E-state index contributed by atoms with van der Waals surface area (Å²) in [6.45, 7) is 4.61. The smallest absolute Gasteiger partial charge is 0.292 e. The molecular weight excluding hydrogens is 411 g/mol. The van der Waals surface area contributed by atoms with E-state index in [1.54, 1.807) is 11.0 Å². The van der Waals surface area contributed by atoms with Gasteiger partial charge in [-0.1, -0.05) is 49.3 Å². The van der Waals surface area contributed by atoms with E-state index in [2.05, 4.69) is 5.16 Å². The predicted molar refractivity (Wildman–Crippen MR) is 118 cm³/mol. The molecule has 1 saturated heterocycles. The SMILES string of the molecule is CC(C)C[C@]1(O)CCN(C(=O)c2cc(-c3ccccc3)no2)C[C@@H]1Oc1ccc(F)cc1. The van der Waals surface area contributed by atoms with Gasteiger partial charge in [0.2, 0.25) is 5.76 Å². The normalized spacial score (nSPS) is 21.0. The second-order valence-corrected chi connectivity index (χ2v) is 8.71. The lowest BCUT2D eigenvalue weighted by Gasteiger charge is -2.44. The Kier molecular flexibility index (Phi) is 6.28. The largest absolute Gasteiger partial charge is 0.486 e. The van der Waals surface area contributed by atoms with Crippen molar-refractivity contribution in [1.82, 2.24) is 10.1 Å². The van der Waals surface area contributed by atoms with E-state index in [1.165, 1.54) is 24.3 Å². The molecule has 0 spiro atoms. The van der Waals surface area contributed by atoms with Crippen molar-refractivity contribution in [3.05, 3.63) is 72.2 Å². The maximum Gasteiger partial charge on any atom is 0.292 e. The molecule has 6 nitrogen and oxygen atoms in total. The second-order valence-electron chi connectivity index (χ2n) is 8.71. The van der Waals surface area contributed by atoms with Crippen molar-refractivity contribution in [1.29, 1.82) is 0 Å². The number of halogens is 1. The van der Waals surface area contributed by atoms with Gasteiger partial charge in [0.05, 0.1) is 6.54 Å². The third-order valence-electron chi connectivity index (χ3n) is 5.73. The van der Waals surface area contributed by atoms with Gasteiger partial charge in [-0.2, -0.15) is 0 Å². The van der Waals surface area contributed by atoms with Crippen LogP contribution in [0.5, 0.6) is 5.75 Å². The van der Waals surface area contributed by atoms with Gasteiger partial charge >= 0.3 is 0 Å². The van der Waals surface area contributed by atoms with Crippen LogP contribution in [0, 0.1) is 11.7 Å². The number of aliphatic hydroxyl groups is 1. The maximum absolute atomic E-state index is 13.3. The number of ether oxygens (including phenoxy) is 1. The molecule has 32 heavy (non-hydrogen) atoms. The first kappa shape index (κ1) is 22.0. The number of likely N-dealkylation sites (tertiary alicyclic amines) is 1. The molecule has 1 fully saturated rings. The molecule has 0 radical (unpaired) electrons. The number of aromatic nitrogens is 1. The van der Waals surface area contributed by atoms with Gasteiger partial charge < -0.3 is 19.3 Å². The fourth-order valence-corrected chi connectivity index (χ4v) is 4.18. The first-order valence-electron chi connectivity index (χ1n) is 10.8. The van der Waals surface area contributed by atoms with E-state index < -0.39 is 11.7 Å². The molecular formula is C25H27FN2O4. The number of amides is 1.